The molecule has 3 aromatic rings. The van der Waals surface area contributed by atoms with E-state index in [-0.39, 0.29) is 32.7 Å². The van der Waals surface area contributed by atoms with Gasteiger partial charge in [0.1, 0.15) is 11.5 Å². The number of alkyl halides is 3. The number of hydrogen-bond acceptors (Lipinski definition) is 3. The van der Waals surface area contributed by atoms with E-state index in [0.29, 0.717) is 16.8 Å². The summed E-state index contributed by atoms with van der Waals surface area (Å²) in [6.07, 6.45) is -4.46. The number of carbonyl (C=O) groups is 2. The first-order valence-electron chi connectivity index (χ1n) is 9.90. The fourth-order valence-electron chi connectivity index (χ4n) is 3.13. The van der Waals surface area contributed by atoms with Crippen LogP contribution < -0.4 is 15.4 Å². The standard InChI is InChI=1S/C24H19Cl2F3N2O3/c1-12-10-15(24(27,28)29)8-9-19(12)34-21-13(2)11-18(14(3)20(21)26)30-23(33)31-22(32)16-6-4-5-7-17(16)25/h4-11H,1-3H3,(H2,30,31,32,33). The molecule has 0 aromatic heterocycles. The average Bonchev–Trinajstić information content (AvgIpc) is 2.75. The number of hydrogen-bond donors (Lipinski definition) is 2. The van der Waals surface area contributed by atoms with E-state index in [4.69, 9.17) is 27.9 Å². The number of imide groups is 1. The number of urea groups is 1. The molecule has 2 N–H and O–H groups in total. The molecule has 0 saturated carbocycles. The zero-order valence-electron chi connectivity index (χ0n) is 18.2. The molecule has 3 aromatic carbocycles. The Morgan fingerprint density at radius 1 is 0.941 bits per heavy atom. The molecule has 0 heterocycles. The molecule has 3 rings (SSSR count). The molecule has 178 valence electrons. The second-order valence-electron chi connectivity index (χ2n) is 7.48. The number of carbonyl (C=O) groups excluding carboxylic acids is 2. The van der Waals surface area contributed by atoms with E-state index in [1.165, 1.54) is 25.1 Å². The van der Waals surface area contributed by atoms with Gasteiger partial charge in [-0.1, -0.05) is 35.3 Å². The molecule has 5 nitrogen and oxygen atoms in total. The molecule has 0 fully saturated rings. The van der Waals surface area contributed by atoms with Crippen molar-refractivity contribution in [1.29, 1.82) is 0 Å². The molecule has 0 atom stereocenters. The summed E-state index contributed by atoms with van der Waals surface area (Å²) in [6.45, 7) is 4.79. The lowest BCUT2D eigenvalue weighted by Crippen LogP contribution is -2.34. The summed E-state index contributed by atoms with van der Waals surface area (Å²) in [5.74, 6) is -0.234. The molecule has 0 aliphatic carbocycles. The third kappa shape index (κ3) is 5.63. The predicted octanol–water partition coefficient (Wildman–Crippen LogP) is 7.69. The number of rotatable bonds is 4. The molecule has 0 aliphatic rings. The van der Waals surface area contributed by atoms with Crippen molar-refractivity contribution in [3.05, 3.63) is 86.4 Å². The highest BCUT2D eigenvalue weighted by atomic mass is 35.5. The van der Waals surface area contributed by atoms with Crippen LogP contribution in [-0.4, -0.2) is 11.9 Å². The van der Waals surface area contributed by atoms with E-state index in [2.05, 4.69) is 10.6 Å². The SMILES string of the molecule is Cc1cc(C(F)(F)F)ccc1Oc1c(C)cc(NC(=O)NC(=O)c2ccccc2Cl)c(C)c1Cl. The molecule has 0 radical (unpaired) electrons. The Kier molecular flexibility index (Phi) is 7.43. The summed E-state index contributed by atoms with van der Waals surface area (Å²) >= 11 is 12.4. The molecular formula is C24H19Cl2F3N2O3. The summed E-state index contributed by atoms with van der Waals surface area (Å²) in [5.41, 5.74) is 0.912. The minimum atomic E-state index is -4.46. The molecule has 3 amide bonds. The molecular weight excluding hydrogens is 492 g/mol. The normalized spacial score (nSPS) is 11.2. The molecule has 0 spiro atoms. The number of benzene rings is 3. The van der Waals surface area contributed by atoms with Crippen LogP contribution in [0.25, 0.3) is 0 Å². The molecule has 0 aliphatic heterocycles. The first kappa shape index (κ1) is 25.4. The summed E-state index contributed by atoms with van der Waals surface area (Å²) in [5, 5.41) is 5.11. The van der Waals surface area contributed by atoms with E-state index in [1.807, 2.05) is 0 Å². The summed E-state index contributed by atoms with van der Waals surface area (Å²) in [4.78, 5) is 24.7. The van der Waals surface area contributed by atoms with Crippen LogP contribution in [0.3, 0.4) is 0 Å². The monoisotopic (exact) mass is 510 g/mol. The number of halogens is 5. The van der Waals surface area contributed by atoms with Crippen LogP contribution in [0, 0.1) is 20.8 Å². The molecule has 0 saturated heterocycles. The predicted molar refractivity (Wildman–Crippen MR) is 125 cm³/mol. The maximum absolute atomic E-state index is 12.9. The van der Waals surface area contributed by atoms with Crippen LogP contribution in [0.1, 0.15) is 32.6 Å². The van der Waals surface area contributed by atoms with Gasteiger partial charge in [-0.25, -0.2) is 4.79 Å². The Morgan fingerprint density at radius 2 is 1.62 bits per heavy atom. The maximum atomic E-state index is 12.9. The highest BCUT2D eigenvalue weighted by Crippen LogP contribution is 2.40. The lowest BCUT2D eigenvalue weighted by atomic mass is 10.1. The summed E-state index contributed by atoms with van der Waals surface area (Å²) in [7, 11) is 0. The van der Waals surface area contributed by atoms with E-state index < -0.39 is 23.7 Å². The van der Waals surface area contributed by atoms with Crippen LogP contribution in [0.4, 0.5) is 23.7 Å². The van der Waals surface area contributed by atoms with E-state index in [0.717, 1.165) is 12.1 Å². The molecule has 10 heteroatoms. The van der Waals surface area contributed by atoms with Crippen molar-refractivity contribution in [3.63, 3.8) is 0 Å². The van der Waals surface area contributed by atoms with Crippen molar-refractivity contribution in [2.24, 2.45) is 0 Å². The number of ether oxygens (including phenoxy) is 1. The van der Waals surface area contributed by atoms with Gasteiger partial charge < -0.3 is 10.1 Å². The van der Waals surface area contributed by atoms with Crippen LogP contribution in [0.15, 0.2) is 48.5 Å². The van der Waals surface area contributed by atoms with Crippen LogP contribution >= 0.6 is 23.2 Å². The summed E-state index contributed by atoms with van der Waals surface area (Å²) < 4.78 is 44.6. The number of amides is 3. The van der Waals surface area contributed by atoms with Crippen molar-refractivity contribution in [3.8, 4) is 11.5 Å². The van der Waals surface area contributed by atoms with Gasteiger partial charge in [0.25, 0.3) is 5.91 Å². The zero-order valence-corrected chi connectivity index (χ0v) is 19.7. The number of aryl methyl sites for hydroxylation is 2. The highest BCUT2D eigenvalue weighted by molar-refractivity contribution is 6.34. The van der Waals surface area contributed by atoms with Crippen LogP contribution in [0.5, 0.6) is 11.5 Å². The molecule has 34 heavy (non-hydrogen) atoms. The number of anilines is 1. The maximum Gasteiger partial charge on any atom is 0.416 e. The Hall–Kier alpha value is -3.23. The zero-order chi connectivity index (χ0) is 25.2. The third-order valence-corrected chi connectivity index (χ3v) is 5.74. The highest BCUT2D eigenvalue weighted by Gasteiger charge is 2.31. The van der Waals surface area contributed by atoms with Gasteiger partial charge in [-0.05, 0) is 73.9 Å². The topological polar surface area (TPSA) is 67.4 Å². The van der Waals surface area contributed by atoms with Gasteiger partial charge in [0, 0.05) is 5.69 Å². The minimum Gasteiger partial charge on any atom is -0.455 e. The Morgan fingerprint density at radius 3 is 2.24 bits per heavy atom. The van der Waals surface area contributed by atoms with Crippen LogP contribution in [-0.2, 0) is 6.18 Å². The first-order chi connectivity index (χ1) is 15.9. The Labute approximate surface area is 203 Å². The summed E-state index contributed by atoms with van der Waals surface area (Å²) in [6, 6.07) is 10.2. The van der Waals surface area contributed by atoms with Gasteiger partial charge in [-0.15, -0.1) is 0 Å². The number of nitrogens with one attached hydrogen (secondary N) is 2. The van der Waals surface area contributed by atoms with Gasteiger partial charge >= 0.3 is 12.2 Å². The van der Waals surface area contributed by atoms with Gasteiger partial charge in [0.2, 0.25) is 0 Å². The van der Waals surface area contributed by atoms with Crippen molar-refractivity contribution >= 4 is 40.8 Å². The van der Waals surface area contributed by atoms with Crippen molar-refractivity contribution in [2.45, 2.75) is 26.9 Å². The van der Waals surface area contributed by atoms with Gasteiger partial charge in [0.05, 0.1) is 21.2 Å². The van der Waals surface area contributed by atoms with Gasteiger partial charge in [-0.3, -0.25) is 10.1 Å². The fourth-order valence-corrected chi connectivity index (χ4v) is 3.64. The second-order valence-corrected chi connectivity index (χ2v) is 8.26. The fraction of sp³-hybridized carbons (Fsp3) is 0.167. The van der Waals surface area contributed by atoms with Crippen LogP contribution in [0.2, 0.25) is 10.0 Å². The van der Waals surface area contributed by atoms with E-state index in [1.54, 1.807) is 32.0 Å². The molecule has 0 unspecified atom stereocenters. The minimum absolute atomic E-state index is 0.140. The van der Waals surface area contributed by atoms with E-state index >= 15 is 0 Å². The lowest BCUT2D eigenvalue weighted by Gasteiger charge is -2.18. The van der Waals surface area contributed by atoms with Crippen molar-refractivity contribution < 1.29 is 27.5 Å². The lowest BCUT2D eigenvalue weighted by molar-refractivity contribution is -0.137. The Bertz CT molecular complexity index is 1280. The van der Waals surface area contributed by atoms with E-state index in [9.17, 15) is 22.8 Å². The smallest absolute Gasteiger partial charge is 0.416 e. The quantitative estimate of drug-likeness (QED) is 0.377. The van der Waals surface area contributed by atoms with Gasteiger partial charge in [0.15, 0.2) is 0 Å². The van der Waals surface area contributed by atoms with Crippen molar-refractivity contribution in [1.82, 2.24) is 5.32 Å². The molecule has 0 bridgehead atoms. The van der Waals surface area contributed by atoms with Gasteiger partial charge in [-0.2, -0.15) is 13.2 Å². The second kappa shape index (κ2) is 9.95. The first-order valence-corrected chi connectivity index (χ1v) is 10.7. The Balaban J connectivity index is 1.80. The van der Waals surface area contributed by atoms with Crippen molar-refractivity contribution in [2.75, 3.05) is 5.32 Å². The largest absolute Gasteiger partial charge is 0.455 e. The average molecular weight is 511 g/mol. The third-order valence-electron chi connectivity index (χ3n) is 4.96.